The number of hydrogen-bond acceptors (Lipinski definition) is 10. The molecule has 18 fully saturated rings. The molecule has 612 valence electrons. The van der Waals surface area contributed by atoms with Gasteiger partial charge in [-0.3, -0.25) is 4.79 Å². The van der Waals surface area contributed by atoms with E-state index in [1.807, 2.05) is 5.57 Å². The number of carbonyl (C=O) groups excluding carboxylic acids is 1. The van der Waals surface area contributed by atoms with E-state index in [0.29, 0.717) is 99.5 Å². The van der Waals surface area contributed by atoms with Gasteiger partial charge in [0.15, 0.2) is 17.4 Å². The van der Waals surface area contributed by atoms with Crippen molar-refractivity contribution in [2.45, 2.75) is 370 Å². The lowest BCUT2D eigenvalue weighted by atomic mass is 9.42. The molecule has 13 aliphatic carbocycles. The lowest BCUT2D eigenvalue weighted by Gasteiger charge is -2.64. The number of rotatable bonds is 8. The first-order valence-electron chi connectivity index (χ1n) is 46.6. The number of ether oxygens (including phenoxy) is 9. The normalized spacial score (nSPS) is 54.0. The third-order valence-corrected chi connectivity index (χ3v) is 41.3. The van der Waals surface area contributed by atoms with E-state index in [1.54, 1.807) is 5.57 Å². The van der Waals surface area contributed by atoms with Gasteiger partial charge in [-0.05, 0) is 317 Å². The summed E-state index contributed by atoms with van der Waals surface area (Å²) in [5.41, 5.74) is 8.65. The zero-order valence-electron chi connectivity index (χ0n) is 72.5. The SMILES string of the molecule is C=C(C)[C@]1(CC[C@@H]2C(=O)C[C@H]3[C@H]2C[C@H](C)[C@@]2(C)CC4(CC[C@]32C)OCCO4)O[C@@H]2C[C@H](C)CC[C@H]2[C@H]1C.C=C1C[C@H]2[C@@H](C[C@H](C)[C@@]3(C)CC4(CC[C@]23C)OCCO4)[C@@H]1CC[C@@]1(C(=C)C)O[C@@H]2C[C@H](C)CC[C@H]2[C@H]1C.CC1=C2C[C@H]3[C@@H](C[C@H](C)[C@@]4(C)CC5(CC[C@]34C)OCCO5)[C@@H]2CC[C@]12O[C@@H]1C[C@H](C)CC[C@H]1[C@H]2C. The third kappa shape index (κ3) is 11.9. The molecular weight excluding hydrogens is 1350 g/mol. The predicted octanol–water partition coefficient (Wildman–Crippen LogP) is 23.2. The molecule has 0 aromatic rings. The van der Waals surface area contributed by atoms with Crippen LogP contribution in [0.4, 0.5) is 0 Å². The predicted molar refractivity (Wildman–Crippen MR) is 435 cm³/mol. The van der Waals surface area contributed by atoms with E-state index in [1.165, 1.54) is 132 Å². The molecule has 19 aliphatic rings. The molecule has 0 radical (unpaired) electrons. The average Bonchev–Trinajstić information content (AvgIpc) is 1.32. The number of carbonyl (C=O) groups is 1. The van der Waals surface area contributed by atoms with E-state index in [0.717, 1.165) is 176 Å². The Morgan fingerprint density at radius 2 is 0.771 bits per heavy atom. The van der Waals surface area contributed by atoms with Gasteiger partial charge in [-0.1, -0.05) is 154 Å². The van der Waals surface area contributed by atoms with E-state index in [-0.39, 0.29) is 56.3 Å². The fourth-order valence-corrected chi connectivity index (χ4v) is 33.6. The molecule has 6 aliphatic heterocycles. The Morgan fingerprint density at radius 3 is 1.19 bits per heavy atom. The highest BCUT2D eigenvalue weighted by Crippen LogP contribution is 2.76. The second kappa shape index (κ2) is 27.9. The van der Waals surface area contributed by atoms with Crippen molar-refractivity contribution in [2.75, 3.05) is 39.6 Å². The summed E-state index contributed by atoms with van der Waals surface area (Å²) >= 11 is 0. The summed E-state index contributed by atoms with van der Waals surface area (Å²) in [6.07, 6.45) is 36.9. The van der Waals surface area contributed by atoms with Gasteiger partial charge in [-0.15, -0.1) is 0 Å². The summed E-state index contributed by atoms with van der Waals surface area (Å²) in [6, 6.07) is 0. The highest BCUT2D eigenvalue weighted by molar-refractivity contribution is 5.84. The van der Waals surface area contributed by atoms with Gasteiger partial charge >= 0.3 is 0 Å². The third-order valence-electron chi connectivity index (χ3n) is 41.3. The van der Waals surface area contributed by atoms with Crippen LogP contribution in [0.1, 0.15) is 317 Å². The van der Waals surface area contributed by atoms with Crippen molar-refractivity contribution in [1.82, 2.24) is 0 Å². The molecule has 0 bridgehead atoms. The molecule has 33 atom stereocenters. The first-order valence-corrected chi connectivity index (χ1v) is 46.6. The van der Waals surface area contributed by atoms with E-state index in [4.69, 9.17) is 49.2 Å². The Hall–Kier alpha value is -1.73. The zero-order chi connectivity index (χ0) is 77.1. The Morgan fingerprint density at radius 1 is 0.404 bits per heavy atom. The molecule has 0 N–H and O–H groups in total. The molecule has 4 spiro atoms. The molecule has 6 saturated heterocycles. The van der Waals surface area contributed by atoms with Crippen LogP contribution in [0.2, 0.25) is 0 Å². The van der Waals surface area contributed by atoms with Crippen LogP contribution in [-0.4, -0.2) is 97.9 Å². The van der Waals surface area contributed by atoms with Crippen LogP contribution in [0.3, 0.4) is 0 Å². The van der Waals surface area contributed by atoms with Gasteiger partial charge in [0, 0.05) is 50.9 Å². The van der Waals surface area contributed by atoms with Gasteiger partial charge in [0.05, 0.1) is 74.8 Å². The zero-order valence-corrected chi connectivity index (χ0v) is 72.5. The monoisotopic (exact) mass is 1510 g/mol. The standard InChI is InChI=1S/C34H54O3.C33H52O4.C32H50O3/c1-21(2)34(25(6)27-10-9-22(3)17-30(27)37-34)12-11-26-23(4)18-29-28(26)19-24(5)32(8)20-33(35-15-16-36-33)14-13-31(29,32)7;1-20(2)33(23(5)24-9-8-21(3)16-29(24)37-33)11-10-25-26-17-22(4)31(7)19-32(35-14-15-36-32)13-12-30(31,6)27(26)18-28(25)34;1-19-7-8-23-21(3)32(35-28(23)15-19)10-9-24-25(22(32)4)17-27-26(24)16-20(2)30(6)18-31(33-13-14-34-31)12-11-29(27,30)5/h22,24-30H,1,4,9-20H2,2-3,5-8H3;21-27,29H,1,8-19H2,2-7H3;19-21,23-24,26-28H,7-18H2,1-6H3/t22-,24+,25-,26-,27+,28+,29+,30-,31-,32-,34+;21-,22+,23-,24+,25+,26+,27+,29-,30-,31-,33+;19-,20+,21-,23+,24-,26+,27+,28-,29-,30-,32-/m111/s1. The second-order valence-electron chi connectivity index (χ2n) is 45.2. The molecule has 6 heterocycles. The average molecular weight is 1510 g/mol. The minimum Gasteiger partial charge on any atom is -0.367 e. The van der Waals surface area contributed by atoms with Gasteiger partial charge in [0.25, 0.3) is 0 Å². The number of allylic oxidation sites excluding steroid dienone is 2. The largest absolute Gasteiger partial charge is 0.367 e. The summed E-state index contributed by atoms with van der Waals surface area (Å²) in [5.74, 6) is 13.5. The van der Waals surface area contributed by atoms with Crippen molar-refractivity contribution < 1.29 is 47.4 Å². The van der Waals surface area contributed by atoms with Crippen LogP contribution in [0.25, 0.3) is 0 Å². The van der Waals surface area contributed by atoms with Crippen molar-refractivity contribution >= 4 is 5.78 Å². The van der Waals surface area contributed by atoms with Crippen LogP contribution in [0.5, 0.6) is 0 Å². The van der Waals surface area contributed by atoms with Gasteiger partial charge in [-0.2, -0.15) is 0 Å². The molecule has 19 rings (SSSR count). The van der Waals surface area contributed by atoms with Crippen LogP contribution < -0.4 is 0 Å². The number of Topliss-reactive ketones (excluding diaryl/α,β-unsaturated/α-hetero) is 1. The summed E-state index contributed by atoms with van der Waals surface area (Å²) in [6.45, 7) is 62.9. The number of fused-ring (bicyclic) bond motifs is 14. The fourth-order valence-electron chi connectivity index (χ4n) is 33.6. The highest BCUT2D eigenvalue weighted by atomic mass is 16.7. The summed E-state index contributed by atoms with van der Waals surface area (Å²) in [4.78, 5) is 13.8. The van der Waals surface area contributed by atoms with Gasteiger partial charge in [-0.25, -0.2) is 0 Å². The Bertz CT molecular complexity index is 3350. The topological polar surface area (TPSA) is 100 Å². The van der Waals surface area contributed by atoms with Crippen LogP contribution in [-0.2, 0) is 47.4 Å². The van der Waals surface area contributed by atoms with Gasteiger partial charge in [0.2, 0.25) is 0 Å². The van der Waals surface area contributed by atoms with Crippen molar-refractivity contribution in [3.63, 3.8) is 0 Å². The molecule has 0 aromatic carbocycles. The number of hydrogen-bond donors (Lipinski definition) is 0. The Balaban J connectivity index is 0.000000119. The fraction of sp³-hybridized carbons (Fsp3) is 0.909. The molecule has 10 heteroatoms. The maximum atomic E-state index is 13.8. The molecule has 109 heavy (non-hydrogen) atoms. The van der Waals surface area contributed by atoms with E-state index in [9.17, 15) is 4.79 Å². The number of ketones is 1. The van der Waals surface area contributed by atoms with Crippen LogP contribution in [0, 0.1) is 157 Å². The lowest BCUT2D eigenvalue weighted by molar-refractivity contribution is -0.260. The van der Waals surface area contributed by atoms with Crippen molar-refractivity contribution in [2.24, 2.45) is 157 Å². The summed E-state index contributed by atoms with van der Waals surface area (Å²) in [7, 11) is 0. The molecule has 0 unspecified atom stereocenters. The van der Waals surface area contributed by atoms with Gasteiger partial charge < -0.3 is 42.6 Å². The summed E-state index contributed by atoms with van der Waals surface area (Å²) in [5, 5.41) is 0. The molecule has 0 aromatic heterocycles. The maximum Gasteiger partial charge on any atom is 0.169 e. The molecule has 10 nitrogen and oxygen atoms in total. The Labute approximate surface area is 663 Å². The molecular formula is C99H156O10. The molecule has 0 amide bonds. The maximum absolute atomic E-state index is 13.8. The van der Waals surface area contributed by atoms with Crippen molar-refractivity contribution in [3.8, 4) is 0 Å². The molecule has 12 saturated carbocycles. The highest BCUT2D eigenvalue weighted by Gasteiger charge is 2.72. The lowest BCUT2D eigenvalue weighted by Crippen LogP contribution is -2.60. The smallest absolute Gasteiger partial charge is 0.169 e. The van der Waals surface area contributed by atoms with E-state index >= 15 is 0 Å². The quantitative estimate of drug-likeness (QED) is 0.218. The van der Waals surface area contributed by atoms with Crippen molar-refractivity contribution in [3.05, 3.63) is 47.6 Å². The second-order valence-corrected chi connectivity index (χ2v) is 45.2. The first kappa shape index (κ1) is 79.7. The van der Waals surface area contributed by atoms with E-state index in [2.05, 4.69) is 138 Å². The van der Waals surface area contributed by atoms with Crippen LogP contribution >= 0.6 is 0 Å². The summed E-state index contributed by atoms with van der Waals surface area (Å²) < 4.78 is 58.8. The van der Waals surface area contributed by atoms with Gasteiger partial charge in [0.1, 0.15) is 5.78 Å². The van der Waals surface area contributed by atoms with Crippen molar-refractivity contribution in [1.29, 1.82) is 0 Å². The van der Waals surface area contributed by atoms with Crippen LogP contribution in [0.15, 0.2) is 47.6 Å². The Kier molecular flexibility index (Phi) is 20.4. The van der Waals surface area contributed by atoms with E-state index < -0.39 is 0 Å². The minimum absolute atomic E-state index is 0.0384. The minimum atomic E-state index is -0.379. The first-order chi connectivity index (χ1) is 51.5.